The molecule has 1 fully saturated rings. The second kappa shape index (κ2) is 4.67. The van der Waals surface area contributed by atoms with Gasteiger partial charge in [-0.05, 0) is 0 Å². The van der Waals surface area contributed by atoms with Crippen LogP contribution in [0.25, 0.3) is 5.76 Å². The molecule has 0 atom stereocenters. The molecule has 21 heavy (non-hydrogen) atoms. The fourth-order valence-corrected chi connectivity index (χ4v) is 6.72. The Morgan fingerprint density at radius 3 is 2.05 bits per heavy atom. The zero-order valence-electron chi connectivity index (χ0n) is 11.6. The van der Waals surface area contributed by atoms with Crippen LogP contribution in [-0.4, -0.2) is 19.4 Å². The molecule has 0 aromatic heterocycles. The molecule has 0 saturated carbocycles. The molecule has 2 aromatic rings. The van der Waals surface area contributed by atoms with Crippen molar-refractivity contribution in [2.75, 3.05) is 19.4 Å². The summed E-state index contributed by atoms with van der Waals surface area (Å²) in [5, 5.41) is 1.03. The van der Waals surface area contributed by atoms with Crippen molar-refractivity contribution in [1.82, 2.24) is 0 Å². The molecule has 2 aliphatic rings. The minimum atomic E-state index is -3.22. The third kappa shape index (κ3) is 1.93. The number of allylic oxidation sites excluding steroid dienone is 1. The second-order valence-electron chi connectivity index (χ2n) is 5.25. The van der Waals surface area contributed by atoms with Gasteiger partial charge in [-0.2, -0.15) is 0 Å². The average Bonchev–Trinajstić information content (AvgIpc) is 3.17. The van der Waals surface area contributed by atoms with Crippen molar-refractivity contribution < 1.29 is 13.6 Å². The summed E-state index contributed by atoms with van der Waals surface area (Å²) in [4.78, 5) is 0. The third-order valence-corrected chi connectivity index (χ3v) is 8.06. The Bertz CT molecular complexity index is 676. The van der Waals surface area contributed by atoms with E-state index in [1.807, 2.05) is 60.7 Å². The Kier molecular flexibility index (Phi) is 2.90. The quantitative estimate of drug-likeness (QED) is 0.791. The van der Waals surface area contributed by atoms with Gasteiger partial charge < -0.3 is 0 Å². The maximum atomic E-state index is 6.42. The normalized spacial score (nSPS) is 24.0. The molecule has 4 rings (SSSR count). The van der Waals surface area contributed by atoms with Gasteiger partial charge in [-0.15, -0.1) is 0 Å². The summed E-state index contributed by atoms with van der Waals surface area (Å²) in [7, 11) is -3.22. The Morgan fingerprint density at radius 1 is 0.762 bits per heavy atom. The minimum absolute atomic E-state index is 0.586. The summed E-state index contributed by atoms with van der Waals surface area (Å²) in [6.07, 6.45) is 2.78. The van der Waals surface area contributed by atoms with Crippen molar-refractivity contribution in [3.8, 4) is 0 Å². The van der Waals surface area contributed by atoms with Crippen LogP contribution in [0.3, 0.4) is 0 Å². The summed E-state index contributed by atoms with van der Waals surface area (Å²) in [6.45, 7) is 1.17. The van der Waals surface area contributed by atoms with Crippen LogP contribution < -0.4 is 5.30 Å². The Balaban J connectivity index is 1.77. The zero-order chi connectivity index (χ0) is 14.2. The van der Waals surface area contributed by atoms with Crippen LogP contribution in [-0.2, 0) is 13.6 Å². The van der Waals surface area contributed by atoms with Gasteiger partial charge in [-0.1, -0.05) is 0 Å². The number of rotatable bonds is 2. The van der Waals surface area contributed by atoms with Gasteiger partial charge in [0.25, 0.3) is 0 Å². The predicted molar refractivity (Wildman–Crippen MR) is 85.3 cm³/mol. The summed E-state index contributed by atoms with van der Waals surface area (Å²) in [5.74, 6) is 0.860. The SMILES string of the molecule is C1=C(c2ccccc2)OP2(c3ccccc3)(C1)OCCO2. The van der Waals surface area contributed by atoms with Crippen LogP contribution in [0.1, 0.15) is 5.56 Å². The van der Waals surface area contributed by atoms with Crippen LogP contribution in [0.5, 0.6) is 0 Å². The molecule has 0 radical (unpaired) electrons. The van der Waals surface area contributed by atoms with Crippen LogP contribution in [0.4, 0.5) is 0 Å². The molecule has 2 aliphatic heterocycles. The number of benzene rings is 2. The first-order valence-corrected chi connectivity index (χ1v) is 9.31. The second-order valence-corrected chi connectivity index (χ2v) is 8.92. The van der Waals surface area contributed by atoms with Crippen LogP contribution in [0, 0.1) is 0 Å². The topological polar surface area (TPSA) is 27.7 Å². The van der Waals surface area contributed by atoms with E-state index in [0.717, 1.165) is 16.6 Å². The van der Waals surface area contributed by atoms with Crippen molar-refractivity contribution >= 4 is 18.3 Å². The van der Waals surface area contributed by atoms with Crippen molar-refractivity contribution in [1.29, 1.82) is 0 Å². The van der Waals surface area contributed by atoms with Gasteiger partial charge in [0.1, 0.15) is 0 Å². The van der Waals surface area contributed by atoms with E-state index in [1.165, 1.54) is 0 Å². The van der Waals surface area contributed by atoms with E-state index in [2.05, 4.69) is 6.08 Å². The van der Waals surface area contributed by atoms with Gasteiger partial charge in [0.05, 0.1) is 0 Å². The fourth-order valence-electron chi connectivity index (χ4n) is 2.95. The molecule has 2 heterocycles. The Morgan fingerprint density at radius 2 is 1.38 bits per heavy atom. The number of hydrogen-bond acceptors (Lipinski definition) is 3. The number of hydrogen-bond donors (Lipinski definition) is 0. The van der Waals surface area contributed by atoms with E-state index in [-0.39, 0.29) is 0 Å². The van der Waals surface area contributed by atoms with E-state index in [4.69, 9.17) is 13.6 Å². The van der Waals surface area contributed by atoms with E-state index < -0.39 is 7.28 Å². The van der Waals surface area contributed by atoms with Gasteiger partial charge in [0, 0.05) is 0 Å². The van der Waals surface area contributed by atoms with Crippen molar-refractivity contribution in [3.63, 3.8) is 0 Å². The molecule has 0 unspecified atom stereocenters. The van der Waals surface area contributed by atoms with E-state index in [0.29, 0.717) is 19.4 Å². The van der Waals surface area contributed by atoms with Gasteiger partial charge in [-0.25, -0.2) is 0 Å². The van der Waals surface area contributed by atoms with Crippen molar-refractivity contribution in [2.45, 2.75) is 0 Å². The van der Waals surface area contributed by atoms with Gasteiger partial charge in [-0.3, -0.25) is 0 Å². The molecule has 1 saturated heterocycles. The molecule has 108 valence electrons. The average molecular weight is 300 g/mol. The van der Waals surface area contributed by atoms with Gasteiger partial charge in [0.2, 0.25) is 0 Å². The van der Waals surface area contributed by atoms with Crippen LogP contribution in [0.2, 0.25) is 0 Å². The summed E-state index contributed by atoms with van der Waals surface area (Å²) >= 11 is 0. The molecule has 4 heteroatoms. The summed E-state index contributed by atoms with van der Waals surface area (Å²) in [5.41, 5.74) is 1.06. The van der Waals surface area contributed by atoms with Crippen LogP contribution >= 0.6 is 7.28 Å². The van der Waals surface area contributed by atoms with E-state index in [1.54, 1.807) is 0 Å². The van der Waals surface area contributed by atoms with Crippen molar-refractivity contribution in [3.05, 3.63) is 72.3 Å². The molecule has 2 aromatic carbocycles. The molecule has 0 N–H and O–H groups in total. The summed E-state index contributed by atoms with van der Waals surface area (Å²) in [6, 6.07) is 20.2. The standard InChI is InChI=1S/C17H17O3P/c1-3-7-15(8-4-1)17-11-14-21(20-17,18-12-13-19-21)16-9-5-2-6-10-16/h1-11H,12-14H2. The molecular formula is C17H17O3P. The molecular weight excluding hydrogens is 283 g/mol. The first kappa shape index (κ1) is 13.0. The van der Waals surface area contributed by atoms with Crippen LogP contribution in [0.15, 0.2) is 66.7 Å². The molecule has 0 bridgehead atoms. The van der Waals surface area contributed by atoms with Crippen molar-refractivity contribution in [2.24, 2.45) is 0 Å². The monoisotopic (exact) mass is 300 g/mol. The molecule has 3 nitrogen and oxygen atoms in total. The van der Waals surface area contributed by atoms with Gasteiger partial charge >= 0.3 is 124 Å². The predicted octanol–water partition coefficient (Wildman–Crippen LogP) is 3.73. The Hall–Kier alpha value is -1.67. The molecule has 0 aliphatic carbocycles. The first-order valence-electron chi connectivity index (χ1n) is 7.14. The fraction of sp³-hybridized carbons (Fsp3) is 0.176. The Labute approximate surface area is 124 Å². The summed E-state index contributed by atoms with van der Waals surface area (Å²) < 4.78 is 18.7. The zero-order valence-corrected chi connectivity index (χ0v) is 12.5. The van der Waals surface area contributed by atoms with Gasteiger partial charge in [0.15, 0.2) is 0 Å². The first-order chi connectivity index (χ1) is 10.3. The van der Waals surface area contributed by atoms with E-state index >= 15 is 0 Å². The van der Waals surface area contributed by atoms with E-state index in [9.17, 15) is 0 Å². The molecule has 0 amide bonds. The maximum absolute atomic E-state index is 6.42. The molecule has 1 spiro atoms. The third-order valence-electron chi connectivity index (χ3n) is 3.98.